The van der Waals surface area contributed by atoms with Gasteiger partial charge in [0, 0.05) is 24.2 Å². The van der Waals surface area contributed by atoms with E-state index in [2.05, 4.69) is 11.9 Å². The third-order valence-electron chi connectivity index (χ3n) is 1.98. The van der Waals surface area contributed by atoms with Crippen LogP contribution in [0.5, 0.6) is 0 Å². The molecule has 64 valence electrons. The molecule has 0 bridgehead atoms. The molecule has 0 saturated carbocycles. The summed E-state index contributed by atoms with van der Waals surface area (Å²) in [6.07, 6.45) is 4.27. The molecule has 1 atom stereocenters. The lowest BCUT2D eigenvalue weighted by atomic mass is 9.99. The van der Waals surface area contributed by atoms with Crippen LogP contribution >= 0.6 is 0 Å². The summed E-state index contributed by atoms with van der Waals surface area (Å²) >= 11 is 0. The van der Waals surface area contributed by atoms with E-state index in [9.17, 15) is 4.79 Å². The van der Waals surface area contributed by atoms with Crippen LogP contribution in [-0.2, 0) is 4.79 Å². The van der Waals surface area contributed by atoms with Crippen LogP contribution in [0, 0.1) is 0 Å². The minimum Gasteiger partial charge on any atom is -0.303 e. The van der Waals surface area contributed by atoms with E-state index in [4.69, 9.17) is 0 Å². The zero-order valence-corrected chi connectivity index (χ0v) is 7.23. The fraction of sp³-hybridized carbons (Fsp3) is 0.400. The van der Waals surface area contributed by atoms with Crippen LogP contribution in [0.3, 0.4) is 0 Å². The van der Waals surface area contributed by atoms with E-state index in [1.165, 1.54) is 0 Å². The molecule has 0 aliphatic rings. The first kappa shape index (κ1) is 8.91. The van der Waals surface area contributed by atoms with Crippen molar-refractivity contribution in [3.05, 3.63) is 30.1 Å². The maximum Gasteiger partial charge on any atom is 0.120 e. The Morgan fingerprint density at radius 2 is 2.42 bits per heavy atom. The van der Waals surface area contributed by atoms with Gasteiger partial charge < -0.3 is 4.79 Å². The van der Waals surface area contributed by atoms with Crippen LogP contribution in [0.15, 0.2) is 24.4 Å². The number of carbonyl (C=O) groups excluding carboxylic acids is 1. The van der Waals surface area contributed by atoms with Gasteiger partial charge in [0.2, 0.25) is 0 Å². The summed E-state index contributed by atoms with van der Waals surface area (Å²) in [7, 11) is 0. The zero-order valence-electron chi connectivity index (χ0n) is 7.23. The number of carbonyl (C=O) groups is 1. The van der Waals surface area contributed by atoms with Crippen molar-refractivity contribution in [2.24, 2.45) is 0 Å². The summed E-state index contributed by atoms with van der Waals surface area (Å²) in [5.41, 5.74) is 1.02. The Hall–Kier alpha value is -1.18. The van der Waals surface area contributed by atoms with Crippen molar-refractivity contribution in [1.29, 1.82) is 0 Å². The van der Waals surface area contributed by atoms with Crippen LogP contribution in [0.2, 0.25) is 0 Å². The summed E-state index contributed by atoms with van der Waals surface area (Å²) in [6, 6.07) is 5.81. The zero-order chi connectivity index (χ0) is 8.81. The maximum atomic E-state index is 10.3. The molecule has 12 heavy (non-hydrogen) atoms. The van der Waals surface area contributed by atoms with Crippen molar-refractivity contribution in [3.8, 4) is 0 Å². The van der Waals surface area contributed by atoms with Gasteiger partial charge >= 0.3 is 0 Å². The van der Waals surface area contributed by atoms with E-state index in [0.717, 1.165) is 18.4 Å². The van der Waals surface area contributed by atoms with Gasteiger partial charge in [-0.25, -0.2) is 0 Å². The molecule has 1 aromatic rings. The highest BCUT2D eigenvalue weighted by molar-refractivity contribution is 5.51. The summed E-state index contributed by atoms with van der Waals surface area (Å²) in [5.74, 6) is 0.295. The molecule has 0 aliphatic carbocycles. The Labute approximate surface area is 72.6 Å². The second-order valence-corrected chi connectivity index (χ2v) is 2.76. The van der Waals surface area contributed by atoms with Crippen molar-refractivity contribution < 1.29 is 4.79 Å². The van der Waals surface area contributed by atoms with E-state index in [1.807, 2.05) is 18.2 Å². The SMILES string of the molecule is CCC(CC=O)c1ccccn1. The standard InChI is InChI=1S/C10H13NO/c1-2-9(6-8-12)10-5-3-4-7-11-10/h3-5,7-9H,2,6H2,1H3. The smallest absolute Gasteiger partial charge is 0.120 e. The van der Waals surface area contributed by atoms with E-state index in [-0.39, 0.29) is 0 Å². The van der Waals surface area contributed by atoms with Gasteiger partial charge in [-0.3, -0.25) is 4.98 Å². The Kier molecular flexibility index (Phi) is 3.45. The van der Waals surface area contributed by atoms with Crippen molar-refractivity contribution in [1.82, 2.24) is 4.98 Å². The lowest BCUT2D eigenvalue weighted by molar-refractivity contribution is -0.108. The number of aromatic nitrogens is 1. The maximum absolute atomic E-state index is 10.3. The van der Waals surface area contributed by atoms with Gasteiger partial charge in [0.15, 0.2) is 0 Å². The Morgan fingerprint density at radius 3 is 2.92 bits per heavy atom. The average molecular weight is 163 g/mol. The highest BCUT2D eigenvalue weighted by Crippen LogP contribution is 2.18. The molecule has 1 heterocycles. The Morgan fingerprint density at radius 1 is 1.58 bits per heavy atom. The van der Waals surface area contributed by atoms with Crippen LogP contribution < -0.4 is 0 Å². The van der Waals surface area contributed by atoms with E-state index < -0.39 is 0 Å². The third-order valence-corrected chi connectivity index (χ3v) is 1.98. The monoisotopic (exact) mass is 163 g/mol. The van der Waals surface area contributed by atoms with Crippen LogP contribution in [-0.4, -0.2) is 11.3 Å². The second kappa shape index (κ2) is 4.65. The van der Waals surface area contributed by atoms with Gasteiger partial charge in [0.1, 0.15) is 6.29 Å². The molecule has 1 unspecified atom stereocenters. The molecule has 0 saturated heterocycles. The number of aldehydes is 1. The summed E-state index contributed by atoms with van der Waals surface area (Å²) < 4.78 is 0. The molecule has 0 aromatic carbocycles. The fourth-order valence-corrected chi connectivity index (χ4v) is 1.23. The highest BCUT2D eigenvalue weighted by atomic mass is 16.1. The normalized spacial score (nSPS) is 12.4. The third kappa shape index (κ3) is 2.16. The van der Waals surface area contributed by atoms with Gasteiger partial charge in [-0.2, -0.15) is 0 Å². The summed E-state index contributed by atoms with van der Waals surface area (Å²) in [6.45, 7) is 2.07. The Balaban J connectivity index is 2.72. The molecular weight excluding hydrogens is 150 g/mol. The van der Waals surface area contributed by atoms with Crippen molar-refractivity contribution in [2.45, 2.75) is 25.7 Å². The van der Waals surface area contributed by atoms with Crippen molar-refractivity contribution >= 4 is 6.29 Å². The highest BCUT2D eigenvalue weighted by Gasteiger charge is 2.08. The van der Waals surface area contributed by atoms with Gasteiger partial charge in [0.25, 0.3) is 0 Å². The molecule has 0 N–H and O–H groups in total. The first-order valence-corrected chi connectivity index (χ1v) is 4.23. The minimum absolute atomic E-state index is 0.295. The molecule has 0 spiro atoms. The number of hydrogen-bond donors (Lipinski definition) is 0. The number of nitrogens with zero attached hydrogens (tertiary/aromatic N) is 1. The molecule has 0 amide bonds. The molecule has 0 aliphatic heterocycles. The number of hydrogen-bond acceptors (Lipinski definition) is 2. The van der Waals surface area contributed by atoms with Gasteiger partial charge in [0.05, 0.1) is 0 Å². The first-order chi connectivity index (χ1) is 5.88. The first-order valence-electron chi connectivity index (χ1n) is 4.23. The van der Waals surface area contributed by atoms with Crippen LogP contribution in [0.4, 0.5) is 0 Å². The van der Waals surface area contributed by atoms with Crippen LogP contribution in [0.25, 0.3) is 0 Å². The largest absolute Gasteiger partial charge is 0.303 e. The second-order valence-electron chi connectivity index (χ2n) is 2.76. The topological polar surface area (TPSA) is 30.0 Å². The van der Waals surface area contributed by atoms with Gasteiger partial charge in [-0.05, 0) is 18.6 Å². The van der Waals surface area contributed by atoms with E-state index >= 15 is 0 Å². The van der Waals surface area contributed by atoms with Crippen LogP contribution in [0.1, 0.15) is 31.4 Å². The summed E-state index contributed by atoms with van der Waals surface area (Å²) in [4.78, 5) is 14.5. The molecule has 1 aromatic heterocycles. The Bertz CT molecular complexity index is 233. The fourth-order valence-electron chi connectivity index (χ4n) is 1.23. The molecular formula is C10H13NO. The minimum atomic E-state index is 0.295. The lowest BCUT2D eigenvalue weighted by Crippen LogP contribution is -2.00. The summed E-state index contributed by atoms with van der Waals surface area (Å²) in [5, 5.41) is 0. The molecule has 0 radical (unpaired) electrons. The molecule has 1 rings (SSSR count). The number of rotatable bonds is 4. The molecule has 2 nitrogen and oxygen atoms in total. The number of pyridine rings is 1. The quantitative estimate of drug-likeness (QED) is 0.637. The molecule has 0 fully saturated rings. The lowest BCUT2D eigenvalue weighted by Gasteiger charge is -2.09. The van der Waals surface area contributed by atoms with Crippen molar-refractivity contribution in [2.75, 3.05) is 0 Å². The van der Waals surface area contributed by atoms with E-state index in [1.54, 1.807) is 6.20 Å². The predicted octanol–water partition coefficient (Wildman–Crippen LogP) is 2.16. The average Bonchev–Trinajstić information content (AvgIpc) is 2.15. The van der Waals surface area contributed by atoms with Crippen molar-refractivity contribution in [3.63, 3.8) is 0 Å². The van der Waals surface area contributed by atoms with Gasteiger partial charge in [-0.15, -0.1) is 0 Å². The predicted molar refractivity (Wildman–Crippen MR) is 48.0 cm³/mol. The van der Waals surface area contributed by atoms with Gasteiger partial charge in [-0.1, -0.05) is 13.0 Å². The molecule has 2 heteroatoms. The van der Waals surface area contributed by atoms with E-state index in [0.29, 0.717) is 12.3 Å².